The Morgan fingerprint density at radius 1 is 1.56 bits per heavy atom. The van der Waals surface area contributed by atoms with Gasteiger partial charge >= 0.3 is 0 Å². The van der Waals surface area contributed by atoms with Gasteiger partial charge in [-0.15, -0.1) is 0 Å². The molecule has 3 heterocycles. The fraction of sp³-hybridized carbons (Fsp3) is 0.700. The lowest BCUT2D eigenvalue weighted by Gasteiger charge is -2.26. The highest BCUT2D eigenvalue weighted by Gasteiger charge is 2.44. The van der Waals surface area contributed by atoms with Crippen molar-refractivity contribution in [1.29, 1.82) is 0 Å². The van der Waals surface area contributed by atoms with Gasteiger partial charge < -0.3 is 10.2 Å². The summed E-state index contributed by atoms with van der Waals surface area (Å²) in [5.74, 6) is 0.919. The van der Waals surface area contributed by atoms with E-state index in [2.05, 4.69) is 27.4 Å². The molecule has 3 rings (SSSR count). The first-order valence-electron chi connectivity index (χ1n) is 5.66. The zero-order valence-electron chi connectivity index (χ0n) is 9.18. The minimum absolute atomic E-state index is 0.0267. The van der Waals surface area contributed by atoms with E-state index in [0.29, 0.717) is 23.8 Å². The number of hydrogen-bond acceptors (Lipinski definition) is 4. The van der Waals surface area contributed by atoms with Crippen molar-refractivity contribution in [3.05, 3.63) is 12.2 Å². The zero-order valence-corrected chi connectivity index (χ0v) is 9.18. The standard InChI is InChI=1S/C10H15N5O/c1-6-2-7-3-11-4-8(7)15(6)10(16)9-12-5-13-14-9/h5-8,11H,2-4H2,1H3,(H,12,13,14). The monoisotopic (exact) mass is 221 g/mol. The number of aromatic nitrogens is 3. The molecule has 2 N–H and O–H groups in total. The molecule has 0 radical (unpaired) electrons. The minimum atomic E-state index is -0.0267. The molecular formula is C10H15N5O. The maximum Gasteiger partial charge on any atom is 0.291 e. The van der Waals surface area contributed by atoms with Gasteiger partial charge in [-0.3, -0.25) is 9.89 Å². The summed E-state index contributed by atoms with van der Waals surface area (Å²) < 4.78 is 0. The highest BCUT2D eigenvalue weighted by atomic mass is 16.2. The molecule has 1 amide bonds. The molecule has 2 fully saturated rings. The quantitative estimate of drug-likeness (QED) is 0.678. The largest absolute Gasteiger partial charge is 0.329 e. The second-order valence-corrected chi connectivity index (χ2v) is 4.62. The molecule has 1 aromatic heterocycles. The van der Waals surface area contributed by atoms with E-state index in [1.807, 2.05) is 4.90 Å². The molecule has 6 nitrogen and oxygen atoms in total. The Morgan fingerprint density at radius 2 is 2.44 bits per heavy atom. The Balaban J connectivity index is 1.86. The Hall–Kier alpha value is -1.43. The maximum atomic E-state index is 12.2. The van der Waals surface area contributed by atoms with E-state index in [1.54, 1.807) is 0 Å². The van der Waals surface area contributed by atoms with Gasteiger partial charge in [0.1, 0.15) is 6.33 Å². The average Bonchev–Trinajstić information content (AvgIpc) is 2.89. The van der Waals surface area contributed by atoms with E-state index in [1.165, 1.54) is 6.33 Å². The SMILES string of the molecule is CC1CC2CNCC2N1C(=O)c1ncn[nH]1. The number of amides is 1. The summed E-state index contributed by atoms with van der Waals surface area (Å²) >= 11 is 0. The van der Waals surface area contributed by atoms with Crippen molar-refractivity contribution in [2.45, 2.75) is 25.4 Å². The predicted molar refractivity (Wildman–Crippen MR) is 56.8 cm³/mol. The number of aromatic amines is 1. The lowest BCUT2D eigenvalue weighted by atomic mass is 10.0. The van der Waals surface area contributed by atoms with Crippen LogP contribution in [-0.2, 0) is 0 Å². The van der Waals surface area contributed by atoms with Crippen molar-refractivity contribution in [1.82, 2.24) is 25.4 Å². The second-order valence-electron chi connectivity index (χ2n) is 4.62. The van der Waals surface area contributed by atoms with Crippen molar-refractivity contribution in [2.24, 2.45) is 5.92 Å². The molecule has 2 aliphatic rings. The lowest BCUT2D eigenvalue weighted by Crippen LogP contribution is -2.43. The maximum absolute atomic E-state index is 12.2. The van der Waals surface area contributed by atoms with Crippen molar-refractivity contribution < 1.29 is 4.79 Å². The Kier molecular flexibility index (Phi) is 2.17. The molecular weight excluding hydrogens is 206 g/mol. The molecule has 86 valence electrons. The summed E-state index contributed by atoms with van der Waals surface area (Å²) in [6.07, 6.45) is 2.45. The van der Waals surface area contributed by atoms with Gasteiger partial charge in [0.2, 0.25) is 5.82 Å². The smallest absolute Gasteiger partial charge is 0.291 e. The molecule has 2 aliphatic heterocycles. The molecule has 0 spiro atoms. The summed E-state index contributed by atoms with van der Waals surface area (Å²) in [6, 6.07) is 0.627. The van der Waals surface area contributed by atoms with Crippen LogP contribution in [0.3, 0.4) is 0 Å². The normalized spacial score (nSPS) is 33.1. The van der Waals surface area contributed by atoms with Crippen LogP contribution in [0.5, 0.6) is 0 Å². The average molecular weight is 221 g/mol. The first-order valence-corrected chi connectivity index (χ1v) is 5.66. The van der Waals surface area contributed by atoms with Crippen LogP contribution in [0, 0.1) is 5.92 Å². The molecule has 6 heteroatoms. The van der Waals surface area contributed by atoms with E-state index in [-0.39, 0.29) is 5.91 Å². The predicted octanol–water partition coefficient (Wildman–Crippen LogP) is -0.373. The van der Waals surface area contributed by atoms with Crippen molar-refractivity contribution in [3.63, 3.8) is 0 Å². The molecule has 16 heavy (non-hydrogen) atoms. The molecule has 0 bridgehead atoms. The number of hydrogen-bond donors (Lipinski definition) is 2. The minimum Gasteiger partial charge on any atom is -0.329 e. The van der Waals surface area contributed by atoms with E-state index < -0.39 is 0 Å². The van der Waals surface area contributed by atoms with E-state index >= 15 is 0 Å². The van der Waals surface area contributed by atoms with Crippen molar-refractivity contribution in [2.75, 3.05) is 13.1 Å². The Bertz CT molecular complexity index is 390. The second kappa shape index (κ2) is 3.55. The lowest BCUT2D eigenvalue weighted by molar-refractivity contribution is 0.0670. The van der Waals surface area contributed by atoms with Gasteiger partial charge in [-0.25, -0.2) is 4.98 Å². The highest BCUT2D eigenvalue weighted by molar-refractivity contribution is 5.91. The van der Waals surface area contributed by atoms with Crippen LogP contribution in [-0.4, -0.2) is 51.2 Å². The van der Waals surface area contributed by atoms with Crippen LogP contribution in [0.2, 0.25) is 0 Å². The summed E-state index contributed by atoms with van der Waals surface area (Å²) in [6.45, 7) is 4.02. The Morgan fingerprint density at radius 3 is 3.19 bits per heavy atom. The number of fused-ring (bicyclic) bond motifs is 1. The molecule has 3 atom stereocenters. The molecule has 1 aromatic rings. The van der Waals surface area contributed by atoms with Crippen molar-refractivity contribution in [3.8, 4) is 0 Å². The van der Waals surface area contributed by atoms with Gasteiger partial charge in [0, 0.05) is 25.2 Å². The summed E-state index contributed by atoms with van der Waals surface area (Å²) in [4.78, 5) is 18.1. The number of nitrogens with zero attached hydrogens (tertiary/aromatic N) is 3. The van der Waals surface area contributed by atoms with Gasteiger partial charge in [-0.2, -0.15) is 5.10 Å². The molecule has 2 saturated heterocycles. The topological polar surface area (TPSA) is 73.9 Å². The summed E-state index contributed by atoms with van der Waals surface area (Å²) in [5.41, 5.74) is 0. The zero-order chi connectivity index (χ0) is 11.1. The van der Waals surface area contributed by atoms with Gasteiger partial charge in [-0.05, 0) is 19.3 Å². The fourth-order valence-corrected chi connectivity index (χ4v) is 2.95. The van der Waals surface area contributed by atoms with Crippen LogP contribution in [0.25, 0.3) is 0 Å². The summed E-state index contributed by atoms with van der Waals surface area (Å²) in [7, 11) is 0. The first kappa shape index (κ1) is 9.77. The molecule has 0 aromatic carbocycles. The summed E-state index contributed by atoms with van der Waals surface area (Å²) in [5, 5.41) is 9.70. The van der Waals surface area contributed by atoms with Crippen LogP contribution >= 0.6 is 0 Å². The number of carbonyl (C=O) groups is 1. The van der Waals surface area contributed by atoms with Gasteiger partial charge in [0.15, 0.2) is 0 Å². The van der Waals surface area contributed by atoms with Crippen LogP contribution < -0.4 is 5.32 Å². The Labute approximate surface area is 93.4 Å². The highest BCUT2D eigenvalue weighted by Crippen LogP contribution is 2.32. The van der Waals surface area contributed by atoms with Crippen molar-refractivity contribution >= 4 is 5.91 Å². The van der Waals surface area contributed by atoms with Crippen LogP contribution in [0.1, 0.15) is 24.0 Å². The van der Waals surface area contributed by atoms with Gasteiger partial charge in [0.05, 0.1) is 0 Å². The van der Waals surface area contributed by atoms with Gasteiger partial charge in [-0.1, -0.05) is 0 Å². The van der Waals surface area contributed by atoms with E-state index in [0.717, 1.165) is 19.5 Å². The van der Waals surface area contributed by atoms with E-state index in [4.69, 9.17) is 0 Å². The number of H-pyrrole nitrogens is 1. The molecule has 3 unspecified atom stereocenters. The number of carbonyl (C=O) groups excluding carboxylic acids is 1. The third-order valence-electron chi connectivity index (χ3n) is 3.63. The fourth-order valence-electron chi connectivity index (χ4n) is 2.95. The first-order chi connectivity index (χ1) is 7.77. The molecule has 0 saturated carbocycles. The van der Waals surface area contributed by atoms with Crippen LogP contribution in [0.4, 0.5) is 0 Å². The number of likely N-dealkylation sites (tertiary alicyclic amines) is 1. The van der Waals surface area contributed by atoms with Gasteiger partial charge in [0.25, 0.3) is 5.91 Å². The third-order valence-corrected chi connectivity index (χ3v) is 3.63. The van der Waals surface area contributed by atoms with E-state index in [9.17, 15) is 4.79 Å². The molecule has 0 aliphatic carbocycles. The number of nitrogens with one attached hydrogen (secondary N) is 2. The van der Waals surface area contributed by atoms with Crippen LogP contribution in [0.15, 0.2) is 6.33 Å². The number of rotatable bonds is 1. The third kappa shape index (κ3) is 1.33.